The second kappa shape index (κ2) is 4.95. The van der Waals surface area contributed by atoms with E-state index in [0.717, 1.165) is 33.2 Å². The van der Waals surface area contributed by atoms with Crippen LogP contribution in [-0.2, 0) is 18.0 Å². The molecule has 2 aromatic heterocycles. The van der Waals surface area contributed by atoms with Crippen LogP contribution in [0, 0.1) is 0 Å². The summed E-state index contributed by atoms with van der Waals surface area (Å²) in [6, 6.07) is 11.7. The lowest BCUT2D eigenvalue weighted by Crippen LogP contribution is -1.96. The van der Waals surface area contributed by atoms with Crippen molar-refractivity contribution in [2.45, 2.75) is 13.2 Å². The largest absolute Gasteiger partial charge is 0.372 e. The Balaban J connectivity index is 1.53. The minimum Gasteiger partial charge on any atom is -0.372 e. The van der Waals surface area contributed by atoms with E-state index < -0.39 is 0 Å². The third-order valence-corrected chi connectivity index (χ3v) is 3.38. The third kappa shape index (κ3) is 2.13. The number of para-hydroxylation sites is 2. The van der Waals surface area contributed by atoms with Crippen LogP contribution < -0.4 is 0 Å². The first-order valence-electron chi connectivity index (χ1n) is 6.56. The molecule has 21 heavy (non-hydrogen) atoms. The molecule has 0 aliphatic rings. The molecule has 7 heteroatoms. The van der Waals surface area contributed by atoms with Gasteiger partial charge in [-0.15, -0.1) is 0 Å². The molecule has 0 aliphatic carbocycles. The van der Waals surface area contributed by atoms with Gasteiger partial charge >= 0.3 is 0 Å². The van der Waals surface area contributed by atoms with Crippen LogP contribution in [-0.4, -0.2) is 30.8 Å². The summed E-state index contributed by atoms with van der Waals surface area (Å²) in [7, 11) is 0. The van der Waals surface area contributed by atoms with E-state index in [-0.39, 0.29) is 0 Å². The zero-order valence-corrected chi connectivity index (χ0v) is 11.1. The SMILES string of the molecule is c1cc(COCc2cccc3n[nH]nc23)c2n[nH]nc2c1. The van der Waals surface area contributed by atoms with Gasteiger partial charge in [-0.2, -0.15) is 30.8 Å². The molecule has 0 bridgehead atoms. The Kier molecular flexibility index (Phi) is 2.82. The van der Waals surface area contributed by atoms with Gasteiger partial charge in [0.2, 0.25) is 0 Å². The number of nitrogens with one attached hydrogen (secondary N) is 2. The average molecular weight is 280 g/mol. The Morgan fingerprint density at radius 3 is 1.76 bits per heavy atom. The van der Waals surface area contributed by atoms with E-state index in [0.29, 0.717) is 13.2 Å². The van der Waals surface area contributed by atoms with Crippen LogP contribution in [0.2, 0.25) is 0 Å². The summed E-state index contributed by atoms with van der Waals surface area (Å²) in [4.78, 5) is 0. The van der Waals surface area contributed by atoms with Crippen LogP contribution in [0.3, 0.4) is 0 Å². The zero-order chi connectivity index (χ0) is 14.1. The van der Waals surface area contributed by atoms with Crippen molar-refractivity contribution >= 4 is 22.1 Å². The van der Waals surface area contributed by atoms with Gasteiger partial charge in [0.15, 0.2) is 0 Å². The molecule has 0 aliphatic heterocycles. The molecule has 0 amide bonds. The Morgan fingerprint density at radius 2 is 1.24 bits per heavy atom. The van der Waals surface area contributed by atoms with Crippen LogP contribution in [0.5, 0.6) is 0 Å². The van der Waals surface area contributed by atoms with Gasteiger partial charge in [0.05, 0.1) is 13.2 Å². The molecule has 2 aromatic carbocycles. The van der Waals surface area contributed by atoms with Crippen LogP contribution in [0.1, 0.15) is 11.1 Å². The summed E-state index contributed by atoms with van der Waals surface area (Å²) in [6.07, 6.45) is 0. The van der Waals surface area contributed by atoms with Crippen LogP contribution in [0.15, 0.2) is 36.4 Å². The van der Waals surface area contributed by atoms with Gasteiger partial charge in [0.25, 0.3) is 0 Å². The maximum atomic E-state index is 5.80. The number of ether oxygens (including phenoxy) is 1. The van der Waals surface area contributed by atoms with Gasteiger partial charge in [0.1, 0.15) is 22.1 Å². The normalized spacial score (nSPS) is 11.4. The summed E-state index contributed by atoms with van der Waals surface area (Å²) >= 11 is 0. The maximum Gasteiger partial charge on any atom is 0.118 e. The van der Waals surface area contributed by atoms with Crippen molar-refractivity contribution in [2.24, 2.45) is 0 Å². The fraction of sp³-hybridized carbons (Fsp3) is 0.143. The maximum absolute atomic E-state index is 5.80. The Morgan fingerprint density at radius 1 is 0.714 bits per heavy atom. The van der Waals surface area contributed by atoms with Crippen molar-refractivity contribution in [3.63, 3.8) is 0 Å². The highest BCUT2D eigenvalue weighted by Gasteiger charge is 2.07. The molecular weight excluding hydrogens is 268 g/mol. The number of benzene rings is 2. The predicted molar refractivity (Wildman–Crippen MR) is 76.3 cm³/mol. The van der Waals surface area contributed by atoms with Gasteiger partial charge in [0, 0.05) is 11.1 Å². The molecule has 4 aromatic rings. The number of aromatic amines is 2. The summed E-state index contributed by atoms with van der Waals surface area (Å²) in [5, 5.41) is 21.7. The molecule has 2 heterocycles. The molecule has 0 radical (unpaired) electrons. The average Bonchev–Trinajstić information content (AvgIpc) is 3.16. The van der Waals surface area contributed by atoms with Gasteiger partial charge < -0.3 is 4.74 Å². The van der Waals surface area contributed by atoms with Crippen molar-refractivity contribution in [3.8, 4) is 0 Å². The summed E-state index contributed by atoms with van der Waals surface area (Å²) < 4.78 is 5.80. The molecule has 4 rings (SSSR count). The van der Waals surface area contributed by atoms with E-state index in [1.165, 1.54) is 0 Å². The number of nitrogens with zero attached hydrogens (tertiary/aromatic N) is 4. The topological polar surface area (TPSA) is 92.4 Å². The first kappa shape index (κ1) is 12.0. The summed E-state index contributed by atoms with van der Waals surface area (Å²) in [5.74, 6) is 0. The Labute approximate surface area is 119 Å². The van der Waals surface area contributed by atoms with E-state index in [1.807, 2.05) is 36.4 Å². The molecule has 0 spiro atoms. The molecule has 104 valence electrons. The molecular formula is C14H12N6O. The van der Waals surface area contributed by atoms with Gasteiger partial charge in [-0.3, -0.25) is 0 Å². The van der Waals surface area contributed by atoms with E-state index >= 15 is 0 Å². The van der Waals surface area contributed by atoms with Crippen molar-refractivity contribution in [1.82, 2.24) is 30.8 Å². The number of fused-ring (bicyclic) bond motifs is 2. The van der Waals surface area contributed by atoms with Crippen LogP contribution in [0.4, 0.5) is 0 Å². The lowest BCUT2D eigenvalue weighted by molar-refractivity contribution is 0.108. The monoisotopic (exact) mass is 280 g/mol. The third-order valence-electron chi connectivity index (χ3n) is 3.38. The van der Waals surface area contributed by atoms with E-state index in [4.69, 9.17) is 4.74 Å². The first-order valence-corrected chi connectivity index (χ1v) is 6.56. The molecule has 0 saturated carbocycles. The fourth-order valence-corrected chi connectivity index (χ4v) is 2.36. The Hall–Kier alpha value is -2.80. The van der Waals surface area contributed by atoms with E-state index in [9.17, 15) is 0 Å². The lowest BCUT2D eigenvalue weighted by atomic mass is 10.2. The number of H-pyrrole nitrogens is 2. The predicted octanol–water partition coefficient (Wildman–Crippen LogP) is 1.95. The molecule has 2 N–H and O–H groups in total. The quantitative estimate of drug-likeness (QED) is 0.596. The Bertz CT molecular complexity index is 822. The number of hydrogen-bond acceptors (Lipinski definition) is 5. The second-order valence-electron chi connectivity index (χ2n) is 4.71. The summed E-state index contributed by atoms with van der Waals surface area (Å²) in [6.45, 7) is 0.941. The highest BCUT2D eigenvalue weighted by atomic mass is 16.5. The van der Waals surface area contributed by atoms with Gasteiger partial charge in [-0.05, 0) is 12.1 Å². The highest BCUT2D eigenvalue weighted by Crippen LogP contribution is 2.17. The van der Waals surface area contributed by atoms with Gasteiger partial charge in [-0.1, -0.05) is 24.3 Å². The molecule has 7 nitrogen and oxygen atoms in total. The minimum atomic E-state index is 0.470. The van der Waals surface area contributed by atoms with Crippen LogP contribution in [0.25, 0.3) is 22.1 Å². The molecule has 0 fully saturated rings. The van der Waals surface area contributed by atoms with E-state index in [1.54, 1.807) is 0 Å². The molecule has 0 atom stereocenters. The second-order valence-corrected chi connectivity index (χ2v) is 4.71. The number of rotatable bonds is 4. The number of hydrogen-bond donors (Lipinski definition) is 2. The standard InChI is InChI=1S/C14H12N6O/c1-3-9(13-11(5-1)15-19-17-13)7-21-8-10-4-2-6-12-14(10)18-20-16-12/h1-6H,7-8H2,(H,15,17,19)(H,16,18,20). The zero-order valence-electron chi connectivity index (χ0n) is 11.1. The van der Waals surface area contributed by atoms with E-state index in [2.05, 4.69) is 30.8 Å². The van der Waals surface area contributed by atoms with Crippen molar-refractivity contribution in [2.75, 3.05) is 0 Å². The van der Waals surface area contributed by atoms with Gasteiger partial charge in [-0.25, -0.2) is 0 Å². The lowest BCUT2D eigenvalue weighted by Gasteiger charge is -2.05. The van der Waals surface area contributed by atoms with Crippen molar-refractivity contribution in [3.05, 3.63) is 47.5 Å². The minimum absolute atomic E-state index is 0.470. The summed E-state index contributed by atoms with van der Waals surface area (Å²) in [5.41, 5.74) is 5.39. The smallest absolute Gasteiger partial charge is 0.118 e. The first-order chi connectivity index (χ1) is 10.4. The van der Waals surface area contributed by atoms with Crippen LogP contribution >= 0.6 is 0 Å². The highest BCUT2D eigenvalue weighted by molar-refractivity contribution is 5.77. The van der Waals surface area contributed by atoms with Crippen molar-refractivity contribution < 1.29 is 4.74 Å². The number of aromatic nitrogens is 6. The molecule has 0 unspecified atom stereocenters. The van der Waals surface area contributed by atoms with Crippen molar-refractivity contribution in [1.29, 1.82) is 0 Å². The molecule has 0 saturated heterocycles. The fourth-order valence-electron chi connectivity index (χ4n) is 2.36.